The van der Waals surface area contributed by atoms with Crippen LogP contribution < -0.4 is 4.74 Å². The maximum atomic E-state index is 13.0. The minimum absolute atomic E-state index is 0.110. The van der Waals surface area contributed by atoms with E-state index < -0.39 is 6.04 Å². The fourth-order valence-electron chi connectivity index (χ4n) is 3.25. The summed E-state index contributed by atoms with van der Waals surface area (Å²) in [6.07, 6.45) is 4.28. The van der Waals surface area contributed by atoms with Gasteiger partial charge < -0.3 is 4.74 Å². The molecule has 152 valence electrons. The molecule has 28 heavy (non-hydrogen) atoms. The number of halogens is 1. The first-order valence-electron chi connectivity index (χ1n) is 9.78. The second kappa shape index (κ2) is 10.6. The number of carbonyl (C=O) groups excluding carboxylic acids is 3. The number of imide groups is 1. The number of unbranched alkanes of at least 4 members (excludes halogenated alkanes) is 2. The van der Waals surface area contributed by atoms with Crippen LogP contribution in [-0.2, 0) is 4.79 Å². The zero-order valence-electron chi connectivity index (χ0n) is 16.6. The number of fused-ring (bicyclic) bond motifs is 1. The number of nitrogens with zero attached hydrogens (tertiary/aromatic N) is 1. The van der Waals surface area contributed by atoms with Gasteiger partial charge in [0.2, 0.25) is 0 Å². The molecule has 6 heteroatoms. The number of Topliss-reactive ketones (excluding diaryl/α,β-unsaturated/α-hetero) is 1. The molecule has 0 spiro atoms. The lowest BCUT2D eigenvalue weighted by molar-refractivity contribution is -0.119. The van der Waals surface area contributed by atoms with Crippen molar-refractivity contribution in [2.75, 3.05) is 11.9 Å². The fourth-order valence-corrected chi connectivity index (χ4v) is 3.64. The SMILES string of the molecule is C=C(C)C(CCC(=O)CC)N1C(=O)c2ccc(OCCCCCBr)cc2C1=O. The molecule has 2 rings (SSSR count). The zero-order valence-corrected chi connectivity index (χ0v) is 18.2. The molecule has 1 atom stereocenters. The van der Waals surface area contributed by atoms with E-state index in [1.807, 2.05) is 6.92 Å². The number of alkyl halides is 1. The van der Waals surface area contributed by atoms with Gasteiger partial charge in [0.1, 0.15) is 11.5 Å². The van der Waals surface area contributed by atoms with Crippen molar-refractivity contribution in [3.8, 4) is 5.75 Å². The summed E-state index contributed by atoms with van der Waals surface area (Å²) >= 11 is 3.40. The van der Waals surface area contributed by atoms with Crippen LogP contribution in [0, 0.1) is 0 Å². The Hall–Kier alpha value is -1.95. The lowest BCUT2D eigenvalue weighted by Crippen LogP contribution is -2.40. The summed E-state index contributed by atoms with van der Waals surface area (Å²) in [5.41, 5.74) is 1.43. The summed E-state index contributed by atoms with van der Waals surface area (Å²) in [4.78, 5) is 38.8. The first-order chi connectivity index (χ1) is 13.4. The highest BCUT2D eigenvalue weighted by atomic mass is 79.9. The smallest absolute Gasteiger partial charge is 0.262 e. The fraction of sp³-hybridized carbons (Fsp3) is 0.500. The van der Waals surface area contributed by atoms with Gasteiger partial charge in [-0.1, -0.05) is 35.0 Å². The van der Waals surface area contributed by atoms with E-state index in [2.05, 4.69) is 22.5 Å². The number of hydrogen-bond acceptors (Lipinski definition) is 4. The van der Waals surface area contributed by atoms with Crippen molar-refractivity contribution in [1.29, 1.82) is 0 Å². The van der Waals surface area contributed by atoms with E-state index in [1.54, 1.807) is 25.1 Å². The second-order valence-electron chi connectivity index (χ2n) is 7.08. The van der Waals surface area contributed by atoms with Gasteiger partial charge in [0.05, 0.1) is 23.8 Å². The Labute approximate surface area is 175 Å². The summed E-state index contributed by atoms with van der Waals surface area (Å²) in [7, 11) is 0. The average molecular weight is 450 g/mol. The van der Waals surface area contributed by atoms with Crippen LogP contribution in [0.2, 0.25) is 0 Å². The highest BCUT2D eigenvalue weighted by Crippen LogP contribution is 2.31. The van der Waals surface area contributed by atoms with Crippen LogP contribution in [0.3, 0.4) is 0 Å². The highest BCUT2D eigenvalue weighted by Gasteiger charge is 2.40. The summed E-state index contributed by atoms with van der Waals surface area (Å²) in [5, 5.41) is 0.978. The Morgan fingerprint density at radius 2 is 1.89 bits per heavy atom. The van der Waals surface area contributed by atoms with Crippen molar-refractivity contribution in [3.05, 3.63) is 41.5 Å². The number of hydrogen-bond donors (Lipinski definition) is 0. The van der Waals surface area contributed by atoms with E-state index >= 15 is 0 Å². The van der Waals surface area contributed by atoms with Crippen LogP contribution in [0.5, 0.6) is 5.75 Å². The molecule has 5 nitrogen and oxygen atoms in total. The third-order valence-electron chi connectivity index (χ3n) is 4.91. The molecular formula is C22H28BrNO4. The molecule has 0 saturated heterocycles. The number of rotatable bonds is 12. The zero-order chi connectivity index (χ0) is 20.7. The molecule has 1 aromatic rings. The lowest BCUT2D eigenvalue weighted by Gasteiger charge is -2.26. The van der Waals surface area contributed by atoms with E-state index in [4.69, 9.17) is 4.74 Å². The monoisotopic (exact) mass is 449 g/mol. The van der Waals surface area contributed by atoms with Crippen molar-refractivity contribution in [3.63, 3.8) is 0 Å². The summed E-state index contributed by atoms with van der Waals surface area (Å²) in [6.45, 7) is 8.10. The van der Waals surface area contributed by atoms with Crippen molar-refractivity contribution in [1.82, 2.24) is 4.90 Å². The average Bonchev–Trinajstić information content (AvgIpc) is 2.92. The molecule has 0 fully saturated rings. The molecule has 2 amide bonds. The Kier molecular flexibility index (Phi) is 8.42. The van der Waals surface area contributed by atoms with Crippen LogP contribution >= 0.6 is 15.9 Å². The number of carbonyl (C=O) groups is 3. The van der Waals surface area contributed by atoms with E-state index in [-0.39, 0.29) is 17.6 Å². The van der Waals surface area contributed by atoms with Crippen LogP contribution in [0.15, 0.2) is 30.4 Å². The van der Waals surface area contributed by atoms with E-state index in [1.165, 1.54) is 4.90 Å². The van der Waals surface area contributed by atoms with Gasteiger partial charge in [-0.05, 0) is 50.8 Å². The van der Waals surface area contributed by atoms with Gasteiger partial charge in [-0.2, -0.15) is 0 Å². The predicted octanol–water partition coefficient (Wildman–Crippen LogP) is 4.93. The summed E-state index contributed by atoms with van der Waals surface area (Å²) < 4.78 is 5.74. The molecule has 0 aromatic heterocycles. The quantitative estimate of drug-likeness (QED) is 0.196. The van der Waals surface area contributed by atoms with Crippen molar-refractivity contribution in [2.45, 2.75) is 58.4 Å². The van der Waals surface area contributed by atoms with Gasteiger partial charge in [0, 0.05) is 18.2 Å². The maximum Gasteiger partial charge on any atom is 0.262 e. The van der Waals surface area contributed by atoms with Gasteiger partial charge >= 0.3 is 0 Å². The van der Waals surface area contributed by atoms with Crippen molar-refractivity contribution < 1.29 is 19.1 Å². The summed E-state index contributed by atoms with van der Waals surface area (Å²) in [6, 6.07) is 4.55. The molecule has 1 unspecified atom stereocenters. The second-order valence-corrected chi connectivity index (χ2v) is 7.87. The Bertz CT molecular complexity index is 759. The van der Waals surface area contributed by atoms with Crippen molar-refractivity contribution in [2.24, 2.45) is 0 Å². The standard InChI is InChI=1S/C22H28BrNO4/c1-4-16(25)8-11-20(15(2)3)24-21(26)18-10-9-17(14-19(18)22(24)27)28-13-7-5-6-12-23/h9-10,14,20H,2,4-8,11-13H2,1,3H3. The molecule has 0 saturated carbocycles. The van der Waals surface area contributed by atoms with Crippen molar-refractivity contribution >= 4 is 33.5 Å². The Morgan fingerprint density at radius 3 is 2.54 bits per heavy atom. The molecule has 0 aliphatic carbocycles. The van der Waals surface area contributed by atoms with E-state index in [9.17, 15) is 14.4 Å². The Morgan fingerprint density at radius 1 is 1.18 bits per heavy atom. The minimum atomic E-state index is -0.475. The van der Waals surface area contributed by atoms with Crippen LogP contribution in [0.1, 0.15) is 73.1 Å². The van der Waals surface area contributed by atoms with Gasteiger partial charge in [0.25, 0.3) is 11.8 Å². The third kappa shape index (κ3) is 5.31. The molecule has 1 heterocycles. The molecule has 0 radical (unpaired) electrons. The van der Waals surface area contributed by atoms with Gasteiger partial charge in [-0.25, -0.2) is 0 Å². The third-order valence-corrected chi connectivity index (χ3v) is 5.47. The number of ketones is 1. The maximum absolute atomic E-state index is 13.0. The van der Waals surface area contributed by atoms with Gasteiger partial charge in [-0.3, -0.25) is 19.3 Å². The molecule has 1 aliphatic heterocycles. The number of benzene rings is 1. The topological polar surface area (TPSA) is 63.7 Å². The Balaban J connectivity index is 2.12. The highest BCUT2D eigenvalue weighted by molar-refractivity contribution is 9.09. The van der Waals surface area contributed by atoms with Gasteiger partial charge in [0.15, 0.2) is 0 Å². The van der Waals surface area contributed by atoms with E-state index in [0.717, 1.165) is 24.6 Å². The molecular weight excluding hydrogens is 422 g/mol. The van der Waals surface area contributed by atoms with Crippen LogP contribution in [-0.4, -0.2) is 40.5 Å². The first kappa shape index (κ1) is 22.3. The minimum Gasteiger partial charge on any atom is -0.494 e. The molecule has 1 aromatic carbocycles. The molecule has 1 aliphatic rings. The summed E-state index contributed by atoms with van der Waals surface area (Å²) in [5.74, 6) is 0.0228. The molecule has 0 bridgehead atoms. The van der Waals surface area contributed by atoms with Crippen LogP contribution in [0.25, 0.3) is 0 Å². The van der Waals surface area contributed by atoms with Gasteiger partial charge in [-0.15, -0.1) is 0 Å². The van der Waals surface area contributed by atoms with E-state index in [0.29, 0.717) is 48.3 Å². The predicted molar refractivity (Wildman–Crippen MR) is 113 cm³/mol. The van der Waals surface area contributed by atoms with Crippen LogP contribution in [0.4, 0.5) is 0 Å². The number of amides is 2. The first-order valence-corrected chi connectivity index (χ1v) is 10.9. The normalized spacial score (nSPS) is 14.2. The largest absolute Gasteiger partial charge is 0.494 e. The molecule has 0 N–H and O–H groups in total. The number of ether oxygens (including phenoxy) is 1. The lowest BCUT2D eigenvalue weighted by atomic mass is 10.0.